The summed E-state index contributed by atoms with van der Waals surface area (Å²) in [6.07, 6.45) is 1.57. The summed E-state index contributed by atoms with van der Waals surface area (Å²) in [4.78, 5) is 14.8. The summed E-state index contributed by atoms with van der Waals surface area (Å²) in [5.74, 6) is 0.568. The second-order valence-corrected chi connectivity index (χ2v) is 4.06. The molecule has 0 aliphatic rings. The molecule has 0 saturated heterocycles. The lowest BCUT2D eigenvalue weighted by atomic mass is 10.1. The van der Waals surface area contributed by atoms with E-state index in [1.165, 1.54) is 0 Å². The highest BCUT2D eigenvalue weighted by molar-refractivity contribution is 5.70. The first-order chi connectivity index (χ1) is 9.69. The Morgan fingerprint density at radius 2 is 2.15 bits per heavy atom. The Kier molecular flexibility index (Phi) is 4.55. The van der Waals surface area contributed by atoms with Crippen LogP contribution in [0.1, 0.15) is 12.5 Å². The summed E-state index contributed by atoms with van der Waals surface area (Å²) in [5, 5.41) is 8.79. The summed E-state index contributed by atoms with van der Waals surface area (Å²) < 4.78 is 11.1. The van der Waals surface area contributed by atoms with Crippen molar-refractivity contribution in [2.75, 3.05) is 6.61 Å². The van der Waals surface area contributed by atoms with Gasteiger partial charge in [-0.25, -0.2) is 4.98 Å². The lowest BCUT2D eigenvalue weighted by molar-refractivity contribution is -0.136. The molecule has 0 fully saturated rings. The van der Waals surface area contributed by atoms with Gasteiger partial charge in [-0.3, -0.25) is 4.79 Å². The summed E-state index contributed by atoms with van der Waals surface area (Å²) in [6.45, 7) is 2.39. The zero-order valence-corrected chi connectivity index (χ0v) is 11.1. The third-order valence-electron chi connectivity index (χ3n) is 2.50. The Balaban J connectivity index is 2.19. The molecule has 0 bridgehead atoms. The van der Waals surface area contributed by atoms with Gasteiger partial charge in [0.25, 0.3) is 5.88 Å². The summed E-state index contributed by atoms with van der Waals surface area (Å²) >= 11 is 0. The molecule has 1 aromatic heterocycles. The number of carboxylic acids is 1. The van der Waals surface area contributed by atoms with Crippen molar-refractivity contribution >= 4 is 5.97 Å². The zero-order valence-electron chi connectivity index (χ0n) is 11.1. The standard InChI is InChI=1S/C15H15NO4/c1-2-19-13-7-4-8-16-15(13)20-12-6-3-5-11(9-12)10-14(17)18/h3-9H,2,10H2,1H3,(H,17,18). The van der Waals surface area contributed by atoms with Crippen LogP contribution in [-0.4, -0.2) is 22.7 Å². The fourth-order valence-electron chi connectivity index (χ4n) is 1.72. The Morgan fingerprint density at radius 3 is 2.90 bits per heavy atom. The van der Waals surface area contributed by atoms with E-state index in [9.17, 15) is 4.79 Å². The largest absolute Gasteiger partial charge is 0.488 e. The van der Waals surface area contributed by atoms with E-state index in [0.717, 1.165) is 0 Å². The molecule has 0 amide bonds. The topological polar surface area (TPSA) is 68.7 Å². The van der Waals surface area contributed by atoms with Gasteiger partial charge in [0.15, 0.2) is 5.75 Å². The number of pyridine rings is 1. The molecule has 0 aliphatic carbocycles. The van der Waals surface area contributed by atoms with Crippen molar-refractivity contribution < 1.29 is 19.4 Å². The highest BCUT2D eigenvalue weighted by Crippen LogP contribution is 2.29. The van der Waals surface area contributed by atoms with E-state index in [1.54, 1.807) is 42.6 Å². The molecule has 1 N–H and O–H groups in total. The van der Waals surface area contributed by atoms with E-state index in [4.69, 9.17) is 14.6 Å². The maximum absolute atomic E-state index is 10.7. The smallest absolute Gasteiger partial charge is 0.307 e. The molecule has 1 heterocycles. The van der Waals surface area contributed by atoms with Crippen LogP contribution < -0.4 is 9.47 Å². The van der Waals surface area contributed by atoms with Gasteiger partial charge in [0.2, 0.25) is 0 Å². The lowest BCUT2D eigenvalue weighted by Crippen LogP contribution is -2.00. The summed E-state index contributed by atoms with van der Waals surface area (Å²) in [5.41, 5.74) is 0.670. The first-order valence-corrected chi connectivity index (χ1v) is 6.25. The van der Waals surface area contributed by atoms with Crippen LogP contribution >= 0.6 is 0 Å². The lowest BCUT2D eigenvalue weighted by Gasteiger charge is -2.10. The Morgan fingerprint density at radius 1 is 1.30 bits per heavy atom. The molecule has 1 aromatic carbocycles. The molecular weight excluding hydrogens is 258 g/mol. The fourth-order valence-corrected chi connectivity index (χ4v) is 1.72. The highest BCUT2D eigenvalue weighted by Gasteiger charge is 2.08. The maximum Gasteiger partial charge on any atom is 0.307 e. The monoisotopic (exact) mass is 273 g/mol. The van der Waals surface area contributed by atoms with Gasteiger partial charge in [-0.1, -0.05) is 12.1 Å². The van der Waals surface area contributed by atoms with Gasteiger partial charge in [0.05, 0.1) is 13.0 Å². The van der Waals surface area contributed by atoms with E-state index in [2.05, 4.69) is 4.98 Å². The third-order valence-corrected chi connectivity index (χ3v) is 2.50. The van der Waals surface area contributed by atoms with Crippen molar-refractivity contribution in [3.8, 4) is 17.4 Å². The van der Waals surface area contributed by atoms with Crippen LogP contribution in [0.2, 0.25) is 0 Å². The van der Waals surface area contributed by atoms with Crippen LogP contribution in [-0.2, 0) is 11.2 Å². The highest BCUT2D eigenvalue weighted by atomic mass is 16.5. The van der Waals surface area contributed by atoms with E-state index < -0.39 is 5.97 Å². The summed E-state index contributed by atoms with van der Waals surface area (Å²) in [6, 6.07) is 10.4. The van der Waals surface area contributed by atoms with Gasteiger partial charge in [-0.15, -0.1) is 0 Å². The van der Waals surface area contributed by atoms with Crippen molar-refractivity contribution in [3.63, 3.8) is 0 Å². The number of aromatic nitrogens is 1. The van der Waals surface area contributed by atoms with Crippen LogP contribution in [0.25, 0.3) is 0 Å². The molecule has 20 heavy (non-hydrogen) atoms. The van der Waals surface area contributed by atoms with Gasteiger partial charge in [0, 0.05) is 6.20 Å². The number of ether oxygens (including phenoxy) is 2. The number of hydrogen-bond donors (Lipinski definition) is 1. The number of carboxylic acid groups (broad SMARTS) is 1. The van der Waals surface area contributed by atoms with Gasteiger partial charge < -0.3 is 14.6 Å². The molecule has 2 rings (SSSR count). The van der Waals surface area contributed by atoms with Crippen LogP contribution in [0.3, 0.4) is 0 Å². The summed E-state index contributed by atoms with van der Waals surface area (Å²) in [7, 11) is 0. The third kappa shape index (κ3) is 3.71. The van der Waals surface area contributed by atoms with Crippen LogP contribution in [0.15, 0.2) is 42.6 Å². The molecule has 0 unspecified atom stereocenters. The van der Waals surface area contributed by atoms with Gasteiger partial charge in [-0.05, 0) is 36.8 Å². The second kappa shape index (κ2) is 6.56. The minimum atomic E-state index is -0.880. The van der Waals surface area contributed by atoms with Gasteiger partial charge >= 0.3 is 5.97 Å². The molecule has 0 atom stereocenters. The Labute approximate surface area is 116 Å². The van der Waals surface area contributed by atoms with Crippen molar-refractivity contribution in [1.82, 2.24) is 4.98 Å². The van der Waals surface area contributed by atoms with Crippen molar-refractivity contribution in [3.05, 3.63) is 48.2 Å². The number of nitrogens with zero attached hydrogens (tertiary/aromatic N) is 1. The van der Waals surface area contributed by atoms with Crippen molar-refractivity contribution in [2.45, 2.75) is 13.3 Å². The predicted octanol–water partition coefficient (Wildman–Crippen LogP) is 2.90. The maximum atomic E-state index is 10.7. The average Bonchev–Trinajstić information content (AvgIpc) is 2.41. The predicted molar refractivity (Wildman–Crippen MR) is 73.3 cm³/mol. The van der Waals surface area contributed by atoms with Crippen LogP contribution in [0.4, 0.5) is 0 Å². The fraction of sp³-hybridized carbons (Fsp3) is 0.200. The first-order valence-electron chi connectivity index (χ1n) is 6.25. The quantitative estimate of drug-likeness (QED) is 0.876. The van der Waals surface area contributed by atoms with Crippen molar-refractivity contribution in [1.29, 1.82) is 0 Å². The van der Waals surface area contributed by atoms with Crippen LogP contribution in [0.5, 0.6) is 17.4 Å². The SMILES string of the molecule is CCOc1cccnc1Oc1cccc(CC(=O)O)c1. The molecule has 104 valence electrons. The average molecular weight is 273 g/mol. The minimum Gasteiger partial charge on any atom is -0.488 e. The Hall–Kier alpha value is -2.56. The molecule has 0 spiro atoms. The Bertz CT molecular complexity index is 598. The van der Waals surface area contributed by atoms with E-state index in [0.29, 0.717) is 29.5 Å². The second-order valence-electron chi connectivity index (χ2n) is 4.06. The van der Waals surface area contributed by atoms with E-state index in [-0.39, 0.29) is 6.42 Å². The number of aliphatic carboxylic acids is 1. The molecule has 5 heteroatoms. The number of rotatable bonds is 6. The molecular formula is C15H15NO4. The normalized spacial score (nSPS) is 10.1. The van der Waals surface area contributed by atoms with Gasteiger partial charge in [-0.2, -0.15) is 0 Å². The number of benzene rings is 1. The van der Waals surface area contributed by atoms with Gasteiger partial charge in [0.1, 0.15) is 5.75 Å². The van der Waals surface area contributed by atoms with Crippen molar-refractivity contribution in [2.24, 2.45) is 0 Å². The van der Waals surface area contributed by atoms with E-state index >= 15 is 0 Å². The zero-order chi connectivity index (χ0) is 14.4. The molecule has 0 radical (unpaired) electrons. The molecule has 5 nitrogen and oxygen atoms in total. The van der Waals surface area contributed by atoms with E-state index in [1.807, 2.05) is 6.92 Å². The minimum absolute atomic E-state index is 0.0439. The number of carbonyl (C=O) groups is 1. The first kappa shape index (κ1) is 13.9. The molecule has 0 saturated carbocycles. The molecule has 0 aliphatic heterocycles. The number of hydrogen-bond acceptors (Lipinski definition) is 4. The molecule has 2 aromatic rings. The van der Waals surface area contributed by atoms with Crippen LogP contribution in [0, 0.1) is 0 Å².